The molecule has 142 valence electrons. The zero-order chi connectivity index (χ0) is 19.5. The molecule has 28 heavy (non-hydrogen) atoms. The summed E-state index contributed by atoms with van der Waals surface area (Å²) >= 11 is 7.60. The van der Waals surface area contributed by atoms with E-state index in [1.165, 1.54) is 0 Å². The Morgan fingerprint density at radius 1 is 1.18 bits per heavy atom. The van der Waals surface area contributed by atoms with Crippen molar-refractivity contribution in [2.75, 3.05) is 6.61 Å². The highest BCUT2D eigenvalue weighted by Crippen LogP contribution is 2.33. The molecule has 7 heteroatoms. The number of imidazole rings is 1. The second kappa shape index (κ2) is 8.12. The summed E-state index contributed by atoms with van der Waals surface area (Å²) in [6.45, 7) is 2.20. The largest absolute Gasteiger partial charge is 0.466 e. The van der Waals surface area contributed by atoms with E-state index >= 15 is 0 Å². The van der Waals surface area contributed by atoms with Crippen molar-refractivity contribution in [2.24, 2.45) is 0 Å². The molecule has 0 radical (unpaired) electrons. The lowest BCUT2D eigenvalue weighted by molar-refractivity contribution is -0.143. The molecular formula is C21H18ClN3O2S. The Morgan fingerprint density at radius 3 is 2.75 bits per heavy atom. The number of thiazole rings is 1. The molecule has 2 aromatic carbocycles. The molecule has 4 aromatic rings. The number of esters is 1. The van der Waals surface area contributed by atoms with Crippen molar-refractivity contribution in [3.05, 3.63) is 64.8 Å². The van der Waals surface area contributed by atoms with Crippen LogP contribution in [0.1, 0.15) is 18.2 Å². The molecule has 0 unspecified atom stereocenters. The fourth-order valence-electron chi connectivity index (χ4n) is 3.01. The van der Waals surface area contributed by atoms with Crippen LogP contribution in [0.5, 0.6) is 0 Å². The quantitative estimate of drug-likeness (QED) is 0.404. The number of para-hydroxylation sites is 2. The van der Waals surface area contributed by atoms with Gasteiger partial charge in [-0.3, -0.25) is 9.36 Å². The van der Waals surface area contributed by atoms with Crippen LogP contribution in [0.15, 0.2) is 54.9 Å². The highest BCUT2D eigenvalue weighted by molar-refractivity contribution is 7.14. The Hall–Kier alpha value is -2.70. The molecule has 0 N–H and O–H groups in total. The minimum atomic E-state index is -0.201. The van der Waals surface area contributed by atoms with Gasteiger partial charge in [0, 0.05) is 15.5 Å². The van der Waals surface area contributed by atoms with Gasteiger partial charge in [0.25, 0.3) is 0 Å². The Morgan fingerprint density at radius 2 is 1.96 bits per heavy atom. The number of fused-ring (bicyclic) bond motifs is 1. The van der Waals surface area contributed by atoms with E-state index in [-0.39, 0.29) is 5.97 Å². The van der Waals surface area contributed by atoms with Crippen LogP contribution in [0.2, 0.25) is 5.02 Å². The van der Waals surface area contributed by atoms with Crippen molar-refractivity contribution in [2.45, 2.75) is 19.8 Å². The topological polar surface area (TPSA) is 57.0 Å². The fourth-order valence-corrected chi connectivity index (χ4v) is 4.20. The van der Waals surface area contributed by atoms with E-state index in [4.69, 9.17) is 21.3 Å². The first kappa shape index (κ1) is 18.7. The Labute approximate surface area is 171 Å². The molecule has 0 atom stereocenters. The fraction of sp³-hybridized carbons (Fsp3) is 0.190. The summed E-state index contributed by atoms with van der Waals surface area (Å²) in [6.07, 6.45) is 2.67. The van der Waals surface area contributed by atoms with Gasteiger partial charge in [0.15, 0.2) is 5.13 Å². The molecule has 0 bridgehead atoms. The van der Waals surface area contributed by atoms with Gasteiger partial charge in [-0.15, -0.1) is 11.3 Å². The van der Waals surface area contributed by atoms with Crippen LogP contribution in [0, 0.1) is 0 Å². The molecule has 0 saturated heterocycles. The average molecular weight is 412 g/mol. The van der Waals surface area contributed by atoms with Crippen molar-refractivity contribution in [1.29, 1.82) is 0 Å². The molecule has 2 aromatic heterocycles. The van der Waals surface area contributed by atoms with Gasteiger partial charge < -0.3 is 4.74 Å². The van der Waals surface area contributed by atoms with Gasteiger partial charge in [0.1, 0.15) is 6.33 Å². The second-order valence-electron chi connectivity index (χ2n) is 6.18. The molecule has 5 nitrogen and oxygen atoms in total. The minimum Gasteiger partial charge on any atom is -0.466 e. The number of carbonyl (C=O) groups excluding carboxylic acids is 1. The van der Waals surface area contributed by atoms with E-state index < -0.39 is 0 Å². The maximum Gasteiger partial charge on any atom is 0.306 e. The monoisotopic (exact) mass is 411 g/mol. The smallest absolute Gasteiger partial charge is 0.306 e. The van der Waals surface area contributed by atoms with Gasteiger partial charge in [-0.2, -0.15) is 0 Å². The summed E-state index contributed by atoms with van der Waals surface area (Å²) in [4.78, 5) is 22.2. The van der Waals surface area contributed by atoms with Crippen LogP contribution < -0.4 is 0 Å². The maximum atomic E-state index is 11.8. The van der Waals surface area contributed by atoms with Crippen molar-refractivity contribution >= 4 is 39.9 Å². The average Bonchev–Trinajstić information content (AvgIpc) is 3.31. The van der Waals surface area contributed by atoms with E-state index in [1.54, 1.807) is 17.7 Å². The molecule has 4 rings (SSSR count). The standard InChI is InChI=1S/C21H18ClN3O2S/c1-2-27-19(26)12-11-18-20(14-7-9-15(22)10-8-14)24-21(28-18)25-13-23-16-5-3-4-6-17(16)25/h3-10,13H,2,11-12H2,1H3. The van der Waals surface area contributed by atoms with Crippen LogP contribution in [0.25, 0.3) is 27.4 Å². The normalized spacial score (nSPS) is 11.1. The third-order valence-corrected chi connectivity index (χ3v) is 5.69. The number of nitrogens with zero attached hydrogens (tertiary/aromatic N) is 3. The lowest BCUT2D eigenvalue weighted by Gasteiger charge is -2.03. The molecular weight excluding hydrogens is 394 g/mol. The Bertz CT molecular complexity index is 1120. The number of aromatic nitrogens is 3. The van der Waals surface area contributed by atoms with E-state index in [1.807, 2.05) is 60.0 Å². The Kier molecular flexibility index (Phi) is 5.41. The van der Waals surface area contributed by atoms with Gasteiger partial charge in [-0.25, -0.2) is 9.97 Å². The number of halogens is 1. The predicted octanol–water partition coefficient (Wildman–Crippen LogP) is 5.30. The van der Waals surface area contributed by atoms with Crippen molar-refractivity contribution < 1.29 is 9.53 Å². The highest BCUT2D eigenvalue weighted by Gasteiger charge is 2.17. The van der Waals surface area contributed by atoms with Gasteiger partial charge >= 0.3 is 5.97 Å². The number of aryl methyl sites for hydroxylation is 1. The lowest BCUT2D eigenvalue weighted by atomic mass is 10.1. The first-order valence-electron chi connectivity index (χ1n) is 8.99. The molecule has 0 aliphatic carbocycles. The number of hydrogen-bond acceptors (Lipinski definition) is 5. The van der Waals surface area contributed by atoms with Crippen LogP contribution in [-0.4, -0.2) is 27.1 Å². The van der Waals surface area contributed by atoms with Crippen LogP contribution in [0.3, 0.4) is 0 Å². The van der Waals surface area contributed by atoms with Crippen LogP contribution in [-0.2, 0) is 16.0 Å². The van der Waals surface area contributed by atoms with Crippen LogP contribution >= 0.6 is 22.9 Å². The van der Waals surface area contributed by atoms with Gasteiger partial charge in [0.05, 0.1) is 29.8 Å². The lowest BCUT2D eigenvalue weighted by Crippen LogP contribution is -2.04. The summed E-state index contributed by atoms with van der Waals surface area (Å²) in [5, 5.41) is 1.49. The summed E-state index contributed by atoms with van der Waals surface area (Å²) in [5.41, 5.74) is 3.74. The third kappa shape index (κ3) is 3.79. The number of carbonyl (C=O) groups is 1. The molecule has 0 spiro atoms. The maximum absolute atomic E-state index is 11.8. The van der Waals surface area contributed by atoms with Gasteiger partial charge in [0.2, 0.25) is 0 Å². The van der Waals surface area contributed by atoms with Crippen molar-refractivity contribution in [1.82, 2.24) is 14.5 Å². The van der Waals surface area contributed by atoms with E-state index in [2.05, 4.69) is 4.98 Å². The number of benzene rings is 2. The summed E-state index contributed by atoms with van der Waals surface area (Å²) < 4.78 is 7.05. The number of rotatable bonds is 6. The highest BCUT2D eigenvalue weighted by atomic mass is 35.5. The second-order valence-corrected chi connectivity index (χ2v) is 7.68. The molecule has 0 fully saturated rings. The van der Waals surface area contributed by atoms with Crippen molar-refractivity contribution in [3.63, 3.8) is 0 Å². The zero-order valence-corrected chi connectivity index (χ0v) is 16.8. The van der Waals surface area contributed by atoms with E-state index in [0.29, 0.717) is 24.5 Å². The molecule has 0 amide bonds. The molecule has 0 aliphatic rings. The van der Waals surface area contributed by atoms with Gasteiger partial charge in [-0.05, 0) is 37.6 Å². The third-order valence-electron chi connectivity index (χ3n) is 4.32. The van der Waals surface area contributed by atoms with Gasteiger partial charge in [-0.1, -0.05) is 35.9 Å². The molecule has 0 aliphatic heterocycles. The summed E-state index contributed by atoms with van der Waals surface area (Å²) in [6, 6.07) is 15.5. The SMILES string of the molecule is CCOC(=O)CCc1sc(-n2cnc3ccccc32)nc1-c1ccc(Cl)cc1. The Balaban J connectivity index is 1.75. The number of ether oxygens (including phenoxy) is 1. The first-order chi connectivity index (χ1) is 13.7. The zero-order valence-electron chi connectivity index (χ0n) is 15.3. The van der Waals surface area contributed by atoms with Crippen molar-refractivity contribution in [3.8, 4) is 16.4 Å². The predicted molar refractivity (Wildman–Crippen MR) is 112 cm³/mol. The summed E-state index contributed by atoms with van der Waals surface area (Å²) in [5.74, 6) is -0.201. The van der Waals surface area contributed by atoms with E-state index in [0.717, 1.165) is 32.3 Å². The first-order valence-corrected chi connectivity index (χ1v) is 10.2. The minimum absolute atomic E-state index is 0.201. The van der Waals surface area contributed by atoms with E-state index in [9.17, 15) is 4.79 Å². The number of hydrogen-bond donors (Lipinski definition) is 0. The van der Waals surface area contributed by atoms with Crippen LogP contribution in [0.4, 0.5) is 0 Å². The summed E-state index contributed by atoms with van der Waals surface area (Å²) in [7, 11) is 0. The molecule has 2 heterocycles. The molecule has 0 saturated carbocycles.